The number of oxime groups is 2. The number of hydrogen-bond donors (Lipinski definition) is 3. The number of benzene rings is 1. The maximum Gasteiger partial charge on any atom is 0.309 e. The summed E-state index contributed by atoms with van der Waals surface area (Å²) in [4.78, 5) is 12.5. The minimum absolute atomic E-state index is 0.160. The zero-order chi connectivity index (χ0) is 24.1. The minimum atomic E-state index is -1.23. The van der Waals surface area contributed by atoms with Crippen molar-refractivity contribution in [2.24, 2.45) is 10.3 Å². The Bertz CT molecular complexity index is 981. The lowest BCUT2D eigenvalue weighted by atomic mass is 9.88. The van der Waals surface area contributed by atoms with Gasteiger partial charge in [-0.15, -0.1) is 0 Å². The van der Waals surface area contributed by atoms with E-state index in [2.05, 4.69) is 10.3 Å². The van der Waals surface area contributed by atoms with E-state index in [-0.39, 0.29) is 23.6 Å². The normalized spacial score (nSPS) is 16.5. The molecule has 0 unspecified atom stereocenters. The third-order valence-corrected chi connectivity index (χ3v) is 4.76. The molecule has 0 aliphatic heterocycles. The van der Waals surface area contributed by atoms with Crippen molar-refractivity contribution in [3.63, 3.8) is 0 Å². The van der Waals surface area contributed by atoms with Crippen molar-refractivity contribution in [1.29, 1.82) is 0 Å². The molecule has 0 fully saturated rings. The number of hydrogen-bond acceptors (Lipinski definition) is 9. The SMILES string of the molecule is COc1cc([C@H](CC=C(C)C)OC(=O)CC(C)(C)O)c(OC)c2c1/C(=N/O)C=C/C2=N\O. The predicted molar refractivity (Wildman–Crippen MR) is 119 cm³/mol. The molecule has 1 aliphatic rings. The van der Waals surface area contributed by atoms with Crippen LogP contribution in [0.5, 0.6) is 11.5 Å². The average molecular weight is 447 g/mol. The first-order chi connectivity index (χ1) is 15.1. The molecule has 0 spiro atoms. The van der Waals surface area contributed by atoms with E-state index in [1.54, 1.807) is 6.07 Å². The van der Waals surface area contributed by atoms with E-state index in [0.717, 1.165) is 5.57 Å². The number of nitrogens with zero attached hydrogens (tertiary/aromatic N) is 2. The summed E-state index contributed by atoms with van der Waals surface area (Å²) in [7, 11) is 2.88. The lowest BCUT2D eigenvalue weighted by Gasteiger charge is -2.26. The van der Waals surface area contributed by atoms with Gasteiger partial charge in [0.05, 0.1) is 37.4 Å². The van der Waals surface area contributed by atoms with Crippen LogP contribution in [-0.4, -0.2) is 52.7 Å². The number of ether oxygens (including phenoxy) is 3. The van der Waals surface area contributed by atoms with E-state index in [9.17, 15) is 20.3 Å². The molecular formula is C23H30N2O7. The molecule has 1 atom stereocenters. The highest BCUT2D eigenvalue weighted by molar-refractivity contribution is 6.27. The summed E-state index contributed by atoms with van der Waals surface area (Å²) in [6.07, 6.45) is 4.21. The molecule has 0 heterocycles. The molecule has 1 aromatic rings. The summed E-state index contributed by atoms with van der Waals surface area (Å²) in [5.74, 6) is 0.00843. The molecule has 0 bridgehead atoms. The monoisotopic (exact) mass is 446 g/mol. The Balaban J connectivity index is 2.73. The van der Waals surface area contributed by atoms with Crippen LogP contribution >= 0.6 is 0 Å². The van der Waals surface area contributed by atoms with Gasteiger partial charge in [-0.1, -0.05) is 22.0 Å². The van der Waals surface area contributed by atoms with Crippen LogP contribution in [0, 0.1) is 0 Å². The summed E-state index contributed by atoms with van der Waals surface area (Å²) >= 11 is 0. The molecule has 1 aromatic carbocycles. The molecule has 0 amide bonds. The van der Waals surface area contributed by atoms with Crippen molar-refractivity contribution in [2.75, 3.05) is 14.2 Å². The third kappa shape index (κ3) is 5.67. The summed E-state index contributed by atoms with van der Waals surface area (Å²) in [5, 5.41) is 35.7. The number of esters is 1. The lowest BCUT2D eigenvalue weighted by molar-refractivity contribution is -0.153. The first-order valence-corrected chi connectivity index (χ1v) is 10.0. The van der Waals surface area contributed by atoms with Crippen molar-refractivity contribution in [3.8, 4) is 11.5 Å². The zero-order valence-electron chi connectivity index (χ0n) is 19.2. The van der Waals surface area contributed by atoms with Crippen LogP contribution < -0.4 is 9.47 Å². The molecule has 0 saturated carbocycles. The van der Waals surface area contributed by atoms with E-state index in [4.69, 9.17) is 14.2 Å². The number of carbonyl (C=O) groups excluding carboxylic acids is 1. The van der Waals surface area contributed by atoms with Crippen molar-refractivity contribution in [2.45, 2.75) is 52.2 Å². The summed E-state index contributed by atoms with van der Waals surface area (Å²) in [6.45, 7) is 6.89. The predicted octanol–water partition coefficient (Wildman–Crippen LogP) is 3.73. The molecule has 0 aromatic heterocycles. The fourth-order valence-corrected chi connectivity index (χ4v) is 3.40. The van der Waals surface area contributed by atoms with Gasteiger partial charge in [-0.3, -0.25) is 4.79 Å². The van der Waals surface area contributed by atoms with Crippen LogP contribution in [0.3, 0.4) is 0 Å². The van der Waals surface area contributed by atoms with E-state index >= 15 is 0 Å². The fraction of sp³-hybridized carbons (Fsp3) is 0.435. The van der Waals surface area contributed by atoms with Crippen LogP contribution in [0.25, 0.3) is 0 Å². The van der Waals surface area contributed by atoms with E-state index in [0.29, 0.717) is 28.9 Å². The minimum Gasteiger partial charge on any atom is -0.496 e. The second-order valence-corrected chi connectivity index (χ2v) is 8.24. The highest BCUT2D eigenvalue weighted by Crippen LogP contribution is 2.42. The Morgan fingerprint density at radius 3 is 2.16 bits per heavy atom. The molecule has 9 nitrogen and oxygen atoms in total. The fourth-order valence-electron chi connectivity index (χ4n) is 3.40. The Morgan fingerprint density at radius 2 is 1.69 bits per heavy atom. The van der Waals surface area contributed by atoms with Gasteiger partial charge in [-0.05, 0) is 45.9 Å². The Hall–Kier alpha value is -3.33. The smallest absolute Gasteiger partial charge is 0.309 e. The van der Waals surface area contributed by atoms with Crippen LogP contribution in [0.1, 0.15) is 63.3 Å². The molecule has 0 radical (unpaired) electrons. The second kappa shape index (κ2) is 10.3. The Morgan fingerprint density at radius 1 is 1.09 bits per heavy atom. The van der Waals surface area contributed by atoms with Crippen molar-refractivity contribution in [3.05, 3.63) is 46.6 Å². The molecule has 0 saturated heterocycles. The van der Waals surface area contributed by atoms with Gasteiger partial charge in [-0.25, -0.2) is 0 Å². The lowest BCUT2D eigenvalue weighted by Crippen LogP contribution is -2.26. The number of allylic oxidation sites excluding steroid dienone is 3. The molecule has 3 N–H and O–H groups in total. The van der Waals surface area contributed by atoms with Crippen molar-refractivity contribution < 1.29 is 34.5 Å². The molecule has 32 heavy (non-hydrogen) atoms. The van der Waals surface area contributed by atoms with Crippen LogP contribution in [0.15, 0.2) is 40.2 Å². The highest BCUT2D eigenvalue weighted by Gasteiger charge is 2.32. The number of aliphatic hydroxyl groups is 1. The van der Waals surface area contributed by atoms with Gasteiger partial charge in [0, 0.05) is 12.0 Å². The summed E-state index contributed by atoms with van der Waals surface area (Å²) in [5.41, 5.74) is 1.31. The van der Waals surface area contributed by atoms with Gasteiger partial charge < -0.3 is 29.7 Å². The molecule has 2 rings (SSSR count). The van der Waals surface area contributed by atoms with Crippen LogP contribution in [0.2, 0.25) is 0 Å². The van der Waals surface area contributed by atoms with Gasteiger partial charge in [0.1, 0.15) is 29.0 Å². The number of methoxy groups -OCH3 is 2. The molecular weight excluding hydrogens is 416 g/mol. The Kier molecular flexibility index (Phi) is 8.04. The largest absolute Gasteiger partial charge is 0.496 e. The second-order valence-electron chi connectivity index (χ2n) is 8.24. The molecule has 1 aliphatic carbocycles. The molecule has 174 valence electrons. The van der Waals surface area contributed by atoms with Gasteiger partial charge in [0.2, 0.25) is 0 Å². The van der Waals surface area contributed by atoms with E-state index in [1.165, 1.54) is 40.2 Å². The quantitative estimate of drug-likeness (QED) is 0.240. The Labute approximate surface area is 187 Å². The number of rotatable bonds is 8. The van der Waals surface area contributed by atoms with Gasteiger partial charge in [-0.2, -0.15) is 0 Å². The van der Waals surface area contributed by atoms with Gasteiger partial charge in [0.15, 0.2) is 0 Å². The van der Waals surface area contributed by atoms with E-state index < -0.39 is 17.7 Å². The highest BCUT2D eigenvalue weighted by atomic mass is 16.5. The van der Waals surface area contributed by atoms with Crippen LogP contribution in [-0.2, 0) is 9.53 Å². The summed E-state index contributed by atoms with van der Waals surface area (Å²) in [6, 6.07) is 1.64. The number of fused-ring (bicyclic) bond motifs is 1. The topological polar surface area (TPSA) is 130 Å². The van der Waals surface area contributed by atoms with Gasteiger partial charge >= 0.3 is 5.97 Å². The van der Waals surface area contributed by atoms with E-state index in [1.807, 2.05) is 19.9 Å². The average Bonchev–Trinajstić information content (AvgIpc) is 2.73. The van der Waals surface area contributed by atoms with Crippen molar-refractivity contribution in [1.82, 2.24) is 0 Å². The first-order valence-electron chi connectivity index (χ1n) is 10.0. The van der Waals surface area contributed by atoms with Crippen molar-refractivity contribution >= 4 is 17.4 Å². The number of carbonyl (C=O) groups is 1. The molecule has 9 heteroatoms. The maximum atomic E-state index is 12.5. The summed E-state index contributed by atoms with van der Waals surface area (Å²) < 4.78 is 16.9. The first kappa shape index (κ1) is 24.9. The maximum absolute atomic E-state index is 12.5. The van der Waals surface area contributed by atoms with Crippen LogP contribution in [0.4, 0.5) is 0 Å². The van der Waals surface area contributed by atoms with Gasteiger partial charge in [0.25, 0.3) is 0 Å². The standard InChI is InChI=1S/C23H30N2O7/c1-13(2)7-10-17(32-19(26)12-23(3,4)27)14-11-18(30-5)20-15(24-28)8-9-16(25-29)21(20)22(14)31-6/h7-9,11,17,27-29H,10,12H2,1-6H3/b24-15+,25-16+/t17-/m0/s1. The zero-order valence-corrected chi connectivity index (χ0v) is 19.2. The third-order valence-electron chi connectivity index (χ3n) is 4.76.